The van der Waals surface area contributed by atoms with Gasteiger partial charge in [0, 0.05) is 28.1 Å². The lowest BCUT2D eigenvalue weighted by Gasteiger charge is -2.13. The molecule has 0 unspecified atom stereocenters. The van der Waals surface area contributed by atoms with Crippen LogP contribution in [0.4, 0.5) is 0 Å². The van der Waals surface area contributed by atoms with Crippen LogP contribution in [0, 0.1) is 0 Å². The number of thiophene rings is 1. The van der Waals surface area contributed by atoms with Gasteiger partial charge in [-0.25, -0.2) is 0 Å². The second-order valence-electron chi connectivity index (χ2n) is 5.16. The number of hydrogen-bond donors (Lipinski definition) is 1. The van der Waals surface area contributed by atoms with Crippen molar-refractivity contribution in [2.24, 2.45) is 0 Å². The second-order valence-corrected chi connectivity index (χ2v) is 8.19. The minimum Gasteiger partial charge on any atom is -0.481 e. The number of hydrogen-bond acceptors (Lipinski definition) is 5. The molecule has 2 aromatic rings. The van der Waals surface area contributed by atoms with Crippen molar-refractivity contribution in [3.8, 4) is 0 Å². The van der Waals surface area contributed by atoms with E-state index >= 15 is 0 Å². The highest BCUT2D eigenvalue weighted by atomic mass is 35.5. The van der Waals surface area contributed by atoms with Crippen LogP contribution < -0.4 is 0 Å². The van der Waals surface area contributed by atoms with Crippen molar-refractivity contribution < 1.29 is 14.7 Å². The number of aliphatic carboxylic acids is 1. The van der Waals surface area contributed by atoms with E-state index in [0.29, 0.717) is 27.2 Å². The summed E-state index contributed by atoms with van der Waals surface area (Å²) in [5.41, 5.74) is 0.934. The molecule has 1 aromatic heterocycles. The maximum Gasteiger partial charge on any atom is 0.303 e. The molecule has 4 nitrogen and oxygen atoms in total. The number of carboxylic acid groups (broad SMARTS) is 1. The van der Waals surface area contributed by atoms with Crippen LogP contribution in [-0.2, 0) is 9.59 Å². The molecule has 124 valence electrons. The van der Waals surface area contributed by atoms with Crippen LogP contribution >= 0.6 is 46.9 Å². The number of rotatable bonds is 5. The molecule has 0 radical (unpaired) electrons. The number of halogens is 1. The van der Waals surface area contributed by atoms with E-state index in [4.69, 9.17) is 28.9 Å². The molecule has 1 aliphatic rings. The van der Waals surface area contributed by atoms with Gasteiger partial charge in [0.15, 0.2) is 0 Å². The van der Waals surface area contributed by atoms with Gasteiger partial charge in [-0.3, -0.25) is 14.5 Å². The maximum absolute atomic E-state index is 12.5. The second kappa shape index (κ2) is 7.23. The highest BCUT2D eigenvalue weighted by Gasteiger charge is 2.31. The molecule has 1 amide bonds. The largest absolute Gasteiger partial charge is 0.481 e. The Bertz CT molecular complexity index is 875. The van der Waals surface area contributed by atoms with E-state index in [0.717, 1.165) is 15.6 Å². The van der Waals surface area contributed by atoms with E-state index in [1.54, 1.807) is 11.3 Å². The van der Waals surface area contributed by atoms with Crippen molar-refractivity contribution in [2.45, 2.75) is 12.8 Å². The predicted molar refractivity (Wildman–Crippen MR) is 104 cm³/mol. The average molecular weight is 398 g/mol. The fourth-order valence-corrected chi connectivity index (χ4v) is 4.73. The fourth-order valence-electron chi connectivity index (χ4n) is 2.36. The number of amides is 1. The van der Waals surface area contributed by atoms with Crippen LogP contribution in [0.1, 0.15) is 18.4 Å². The van der Waals surface area contributed by atoms with Gasteiger partial charge >= 0.3 is 5.97 Å². The molecule has 8 heteroatoms. The summed E-state index contributed by atoms with van der Waals surface area (Å²) in [5, 5.41) is 12.3. The smallest absolute Gasteiger partial charge is 0.303 e. The molecule has 0 aliphatic carbocycles. The van der Waals surface area contributed by atoms with Gasteiger partial charge in [-0.15, -0.1) is 11.3 Å². The summed E-state index contributed by atoms with van der Waals surface area (Å²) in [5.74, 6) is -1.05. The normalized spacial score (nSPS) is 16.5. The Kier molecular flexibility index (Phi) is 5.24. The summed E-state index contributed by atoms with van der Waals surface area (Å²) in [7, 11) is 0. The van der Waals surface area contributed by atoms with Crippen molar-refractivity contribution in [1.29, 1.82) is 0 Å². The molecule has 3 rings (SSSR count). The van der Waals surface area contributed by atoms with Gasteiger partial charge in [0.1, 0.15) is 4.32 Å². The Morgan fingerprint density at radius 3 is 2.96 bits per heavy atom. The number of carboxylic acids is 1. The molecular weight excluding hydrogens is 386 g/mol. The molecular formula is C16H12ClNO3S3. The number of carbonyl (C=O) groups excluding carboxylic acids is 1. The Balaban J connectivity index is 1.82. The molecule has 1 N–H and O–H groups in total. The Morgan fingerprint density at radius 1 is 1.42 bits per heavy atom. The molecule has 1 aliphatic heterocycles. The van der Waals surface area contributed by atoms with Crippen LogP contribution in [0.2, 0.25) is 5.02 Å². The lowest BCUT2D eigenvalue weighted by molar-refractivity contribution is -0.137. The van der Waals surface area contributed by atoms with Gasteiger partial charge in [0.25, 0.3) is 5.91 Å². The lowest BCUT2D eigenvalue weighted by atomic mass is 10.1. The Morgan fingerprint density at radius 2 is 2.21 bits per heavy atom. The zero-order valence-corrected chi connectivity index (χ0v) is 15.5. The molecule has 1 fully saturated rings. The first-order valence-corrected chi connectivity index (χ1v) is 9.58. The maximum atomic E-state index is 12.5. The summed E-state index contributed by atoms with van der Waals surface area (Å²) in [6, 6.07) is 5.68. The first-order valence-electron chi connectivity index (χ1n) is 7.09. The van der Waals surface area contributed by atoms with Gasteiger partial charge in [-0.2, -0.15) is 0 Å². The Hall–Kier alpha value is -1.41. The number of benzene rings is 1. The third-order valence-corrected chi connectivity index (χ3v) is 6.09. The van der Waals surface area contributed by atoms with E-state index in [9.17, 15) is 9.59 Å². The monoisotopic (exact) mass is 397 g/mol. The number of thiocarbonyl (C=S) groups is 1. The fraction of sp³-hybridized carbons (Fsp3) is 0.188. The minimum absolute atomic E-state index is 0.0176. The van der Waals surface area contributed by atoms with E-state index in [1.807, 2.05) is 29.7 Å². The van der Waals surface area contributed by atoms with E-state index in [1.165, 1.54) is 16.7 Å². The standard InChI is InChI=1S/C16H12ClNO3S3/c17-10-3-4-12-11(7-10)9(8-23-12)6-13-15(21)18(16(22)24-13)5-1-2-14(19)20/h3-4,6-8H,1-2,5H2,(H,19,20). The number of nitrogens with zero attached hydrogens (tertiary/aromatic N) is 1. The highest BCUT2D eigenvalue weighted by Crippen LogP contribution is 2.36. The summed E-state index contributed by atoms with van der Waals surface area (Å²) in [4.78, 5) is 25.1. The first kappa shape index (κ1) is 17.4. The van der Waals surface area contributed by atoms with Crippen LogP contribution in [-0.4, -0.2) is 32.7 Å². The molecule has 0 spiro atoms. The Labute approximate surface area is 157 Å². The summed E-state index contributed by atoms with van der Waals surface area (Å²) >= 11 is 14.1. The summed E-state index contributed by atoms with van der Waals surface area (Å²) in [6.07, 6.45) is 2.22. The van der Waals surface area contributed by atoms with Crippen LogP contribution in [0.25, 0.3) is 16.2 Å². The van der Waals surface area contributed by atoms with Gasteiger partial charge in [-0.05, 0) is 41.6 Å². The molecule has 0 bridgehead atoms. The molecule has 2 heterocycles. The number of fused-ring (bicyclic) bond motifs is 1. The van der Waals surface area contributed by atoms with Crippen molar-refractivity contribution in [3.63, 3.8) is 0 Å². The van der Waals surface area contributed by atoms with Crippen molar-refractivity contribution in [2.75, 3.05) is 6.54 Å². The quantitative estimate of drug-likeness (QED) is 0.589. The topological polar surface area (TPSA) is 57.6 Å². The molecule has 24 heavy (non-hydrogen) atoms. The SMILES string of the molecule is O=C(O)CCCN1C(=O)C(=Cc2csc3ccc(Cl)cc23)SC1=S. The molecule has 1 saturated heterocycles. The average Bonchev–Trinajstić information content (AvgIpc) is 3.03. The number of carbonyl (C=O) groups is 2. The summed E-state index contributed by atoms with van der Waals surface area (Å²) in [6.45, 7) is 0.324. The van der Waals surface area contributed by atoms with Crippen molar-refractivity contribution >= 4 is 79.3 Å². The van der Waals surface area contributed by atoms with Crippen LogP contribution in [0.5, 0.6) is 0 Å². The summed E-state index contributed by atoms with van der Waals surface area (Å²) < 4.78 is 1.57. The molecule has 0 saturated carbocycles. The van der Waals surface area contributed by atoms with Gasteiger partial charge in [0.2, 0.25) is 0 Å². The van der Waals surface area contributed by atoms with Gasteiger partial charge in [0.05, 0.1) is 4.91 Å². The highest BCUT2D eigenvalue weighted by molar-refractivity contribution is 8.26. The van der Waals surface area contributed by atoms with Gasteiger partial charge in [-0.1, -0.05) is 35.6 Å². The van der Waals surface area contributed by atoms with E-state index < -0.39 is 5.97 Å². The lowest BCUT2D eigenvalue weighted by Crippen LogP contribution is -2.29. The van der Waals surface area contributed by atoms with Crippen LogP contribution in [0.3, 0.4) is 0 Å². The van der Waals surface area contributed by atoms with Gasteiger partial charge < -0.3 is 5.11 Å². The predicted octanol–water partition coefficient (Wildman–Crippen LogP) is 4.62. The molecule has 1 aromatic carbocycles. The van der Waals surface area contributed by atoms with E-state index in [2.05, 4.69) is 0 Å². The zero-order chi connectivity index (χ0) is 17.3. The first-order chi connectivity index (χ1) is 11.5. The number of thioether (sulfide) groups is 1. The van der Waals surface area contributed by atoms with Crippen LogP contribution in [0.15, 0.2) is 28.5 Å². The zero-order valence-electron chi connectivity index (χ0n) is 12.3. The van der Waals surface area contributed by atoms with Crippen molar-refractivity contribution in [3.05, 3.63) is 39.1 Å². The molecule has 0 atom stereocenters. The van der Waals surface area contributed by atoms with Crippen molar-refractivity contribution in [1.82, 2.24) is 4.90 Å². The van der Waals surface area contributed by atoms with E-state index in [-0.39, 0.29) is 12.3 Å². The minimum atomic E-state index is -0.877. The third kappa shape index (κ3) is 3.64. The third-order valence-electron chi connectivity index (χ3n) is 3.50.